The van der Waals surface area contributed by atoms with Gasteiger partial charge in [-0.2, -0.15) is 0 Å². The minimum absolute atomic E-state index is 0.250. The highest BCUT2D eigenvalue weighted by molar-refractivity contribution is 9.10. The first-order valence-electron chi connectivity index (χ1n) is 7.80. The molecule has 3 nitrogen and oxygen atoms in total. The Kier molecular flexibility index (Phi) is 6.52. The fourth-order valence-corrected chi connectivity index (χ4v) is 3.23. The van der Waals surface area contributed by atoms with Gasteiger partial charge in [0.1, 0.15) is 11.9 Å². The zero-order chi connectivity index (χ0) is 15.2. The largest absolute Gasteiger partial charge is 0.489 e. The van der Waals surface area contributed by atoms with Gasteiger partial charge in [-0.05, 0) is 41.3 Å². The highest BCUT2D eigenvalue weighted by Gasteiger charge is 2.24. The van der Waals surface area contributed by atoms with Crippen LogP contribution in [-0.2, 0) is 11.3 Å². The number of hydrogen-bond acceptors (Lipinski definition) is 3. The summed E-state index contributed by atoms with van der Waals surface area (Å²) < 4.78 is 12.8. The molecule has 0 amide bonds. The number of methoxy groups -OCH3 is 1. The molecule has 1 N–H and O–H groups in total. The Bertz CT molecular complexity index is 450. The highest BCUT2D eigenvalue weighted by atomic mass is 79.9. The Morgan fingerprint density at radius 3 is 2.76 bits per heavy atom. The molecule has 0 aromatic heterocycles. The zero-order valence-corrected chi connectivity index (χ0v) is 14.8. The van der Waals surface area contributed by atoms with E-state index in [1.165, 1.54) is 12.0 Å². The van der Waals surface area contributed by atoms with Gasteiger partial charge in [-0.1, -0.05) is 26.0 Å². The summed E-state index contributed by atoms with van der Waals surface area (Å²) in [6.07, 6.45) is 5.00. The lowest BCUT2D eigenvalue weighted by molar-refractivity contribution is 0.0204. The van der Waals surface area contributed by atoms with Crippen LogP contribution >= 0.6 is 15.9 Å². The van der Waals surface area contributed by atoms with E-state index in [-0.39, 0.29) is 6.10 Å². The standard InChI is InChI=1S/C17H26BrNO2/c1-12(2)19-11-13-6-4-9-16(18)17(13)21-15-8-5-7-14(10-15)20-3/h4,6,9,12,14-15,19H,5,7-8,10-11H2,1-3H3. The van der Waals surface area contributed by atoms with E-state index < -0.39 is 0 Å². The molecule has 1 aromatic rings. The topological polar surface area (TPSA) is 30.5 Å². The molecule has 118 valence electrons. The molecule has 2 unspecified atom stereocenters. The predicted octanol–water partition coefficient (Wildman–Crippen LogP) is 4.28. The fourth-order valence-electron chi connectivity index (χ4n) is 2.73. The summed E-state index contributed by atoms with van der Waals surface area (Å²) in [5.74, 6) is 0.979. The van der Waals surface area contributed by atoms with Crippen molar-refractivity contribution in [1.29, 1.82) is 0 Å². The van der Waals surface area contributed by atoms with Crippen LogP contribution in [0.25, 0.3) is 0 Å². The van der Waals surface area contributed by atoms with E-state index in [0.29, 0.717) is 12.1 Å². The molecule has 1 aliphatic carbocycles. The van der Waals surface area contributed by atoms with E-state index in [9.17, 15) is 0 Å². The van der Waals surface area contributed by atoms with Crippen LogP contribution in [0.15, 0.2) is 22.7 Å². The number of rotatable bonds is 6. The van der Waals surface area contributed by atoms with E-state index in [1.807, 2.05) is 6.07 Å². The molecule has 2 atom stereocenters. The summed E-state index contributed by atoms with van der Waals surface area (Å²) in [5.41, 5.74) is 1.21. The minimum atomic E-state index is 0.250. The van der Waals surface area contributed by atoms with Crippen LogP contribution < -0.4 is 10.1 Å². The first kappa shape index (κ1) is 16.8. The molecule has 0 heterocycles. The van der Waals surface area contributed by atoms with Gasteiger partial charge in [0.15, 0.2) is 0 Å². The first-order chi connectivity index (χ1) is 10.1. The van der Waals surface area contributed by atoms with E-state index in [2.05, 4.69) is 47.2 Å². The van der Waals surface area contributed by atoms with Crippen molar-refractivity contribution in [2.45, 2.75) is 64.3 Å². The van der Waals surface area contributed by atoms with Crippen LogP contribution in [0.1, 0.15) is 45.1 Å². The third kappa shape index (κ3) is 4.97. The molecule has 2 rings (SSSR count). The van der Waals surface area contributed by atoms with Gasteiger partial charge in [-0.15, -0.1) is 0 Å². The van der Waals surface area contributed by atoms with Crippen LogP contribution in [0.3, 0.4) is 0 Å². The molecule has 0 aliphatic heterocycles. The summed E-state index contributed by atoms with van der Waals surface area (Å²) in [4.78, 5) is 0. The van der Waals surface area contributed by atoms with Crippen molar-refractivity contribution in [3.05, 3.63) is 28.2 Å². The Morgan fingerprint density at radius 1 is 1.29 bits per heavy atom. The van der Waals surface area contributed by atoms with Crippen molar-refractivity contribution < 1.29 is 9.47 Å². The molecular weight excluding hydrogens is 330 g/mol. The van der Waals surface area contributed by atoms with E-state index >= 15 is 0 Å². The molecule has 0 spiro atoms. The SMILES string of the molecule is COC1CCCC(Oc2c(Br)cccc2CNC(C)C)C1. The maximum Gasteiger partial charge on any atom is 0.138 e. The van der Waals surface area contributed by atoms with E-state index in [0.717, 1.165) is 36.0 Å². The van der Waals surface area contributed by atoms with Gasteiger partial charge in [-0.25, -0.2) is 0 Å². The number of para-hydroxylation sites is 1. The lowest BCUT2D eigenvalue weighted by atomic mass is 9.95. The highest BCUT2D eigenvalue weighted by Crippen LogP contribution is 2.33. The Labute approximate surface area is 136 Å². The van der Waals surface area contributed by atoms with Crippen LogP contribution in [0, 0.1) is 0 Å². The van der Waals surface area contributed by atoms with Gasteiger partial charge < -0.3 is 14.8 Å². The number of halogens is 1. The van der Waals surface area contributed by atoms with Gasteiger partial charge >= 0.3 is 0 Å². The molecule has 4 heteroatoms. The van der Waals surface area contributed by atoms with Gasteiger partial charge in [0, 0.05) is 31.7 Å². The molecule has 1 fully saturated rings. The van der Waals surface area contributed by atoms with Gasteiger partial charge in [0.25, 0.3) is 0 Å². The summed E-state index contributed by atoms with van der Waals surface area (Å²) in [6, 6.07) is 6.70. The van der Waals surface area contributed by atoms with Crippen molar-refractivity contribution in [2.75, 3.05) is 7.11 Å². The molecule has 1 aliphatic rings. The normalized spacial score (nSPS) is 22.5. The Hall–Kier alpha value is -0.580. The monoisotopic (exact) mass is 355 g/mol. The fraction of sp³-hybridized carbons (Fsp3) is 0.647. The maximum atomic E-state index is 6.31. The number of benzene rings is 1. The average Bonchev–Trinajstić information content (AvgIpc) is 2.48. The quantitative estimate of drug-likeness (QED) is 0.825. The summed E-state index contributed by atoms with van der Waals surface area (Å²) in [6.45, 7) is 5.14. The number of hydrogen-bond donors (Lipinski definition) is 1. The molecule has 0 bridgehead atoms. The second kappa shape index (κ2) is 8.16. The van der Waals surface area contributed by atoms with E-state index in [1.54, 1.807) is 7.11 Å². The van der Waals surface area contributed by atoms with Gasteiger partial charge in [0.2, 0.25) is 0 Å². The predicted molar refractivity (Wildman–Crippen MR) is 89.8 cm³/mol. The van der Waals surface area contributed by atoms with E-state index in [4.69, 9.17) is 9.47 Å². The second-order valence-corrected chi connectivity index (χ2v) is 6.88. The van der Waals surface area contributed by atoms with Gasteiger partial charge in [0.05, 0.1) is 10.6 Å². The smallest absolute Gasteiger partial charge is 0.138 e. The third-order valence-corrected chi connectivity index (χ3v) is 4.57. The lowest BCUT2D eigenvalue weighted by Crippen LogP contribution is -2.30. The average molecular weight is 356 g/mol. The van der Waals surface area contributed by atoms with Crippen LogP contribution in [-0.4, -0.2) is 25.4 Å². The van der Waals surface area contributed by atoms with Crippen molar-refractivity contribution in [2.24, 2.45) is 0 Å². The molecule has 1 saturated carbocycles. The maximum absolute atomic E-state index is 6.31. The summed E-state index contributed by atoms with van der Waals surface area (Å²) in [5, 5.41) is 3.46. The van der Waals surface area contributed by atoms with Crippen molar-refractivity contribution in [3.63, 3.8) is 0 Å². The summed E-state index contributed by atoms with van der Waals surface area (Å²) in [7, 11) is 1.80. The Balaban J connectivity index is 2.07. The van der Waals surface area contributed by atoms with Crippen molar-refractivity contribution in [3.8, 4) is 5.75 Å². The van der Waals surface area contributed by atoms with Crippen LogP contribution in [0.4, 0.5) is 0 Å². The molecule has 0 radical (unpaired) electrons. The van der Waals surface area contributed by atoms with Crippen molar-refractivity contribution >= 4 is 15.9 Å². The van der Waals surface area contributed by atoms with Crippen LogP contribution in [0.2, 0.25) is 0 Å². The number of ether oxygens (including phenoxy) is 2. The second-order valence-electron chi connectivity index (χ2n) is 6.03. The van der Waals surface area contributed by atoms with Crippen LogP contribution in [0.5, 0.6) is 5.75 Å². The molecule has 21 heavy (non-hydrogen) atoms. The van der Waals surface area contributed by atoms with Crippen molar-refractivity contribution in [1.82, 2.24) is 5.32 Å². The zero-order valence-electron chi connectivity index (χ0n) is 13.2. The third-order valence-electron chi connectivity index (χ3n) is 3.95. The Morgan fingerprint density at radius 2 is 2.05 bits per heavy atom. The lowest BCUT2D eigenvalue weighted by Gasteiger charge is -2.29. The molecular formula is C17H26BrNO2. The first-order valence-corrected chi connectivity index (χ1v) is 8.59. The van der Waals surface area contributed by atoms with Gasteiger partial charge in [-0.3, -0.25) is 0 Å². The minimum Gasteiger partial charge on any atom is -0.489 e. The molecule has 0 saturated heterocycles. The summed E-state index contributed by atoms with van der Waals surface area (Å²) >= 11 is 3.63. The number of nitrogens with one attached hydrogen (secondary N) is 1. The molecule has 1 aromatic carbocycles.